The second-order valence-corrected chi connectivity index (χ2v) is 11.1. The number of para-hydroxylation sites is 2. The zero-order chi connectivity index (χ0) is 29.9. The predicted molar refractivity (Wildman–Crippen MR) is 175 cm³/mol. The van der Waals surface area contributed by atoms with Crippen molar-refractivity contribution < 1.29 is 9.53 Å². The van der Waals surface area contributed by atoms with Crippen molar-refractivity contribution in [2.45, 2.75) is 25.9 Å². The Morgan fingerprint density at radius 1 is 0.977 bits per heavy atom. The van der Waals surface area contributed by atoms with Gasteiger partial charge in [0.15, 0.2) is 11.7 Å². The number of ether oxygens (including phenoxy) is 1. The molecule has 1 amide bonds. The minimum Gasteiger partial charge on any atom is -0.484 e. The van der Waals surface area contributed by atoms with Crippen LogP contribution in [0.1, 0.15) is 34.7 Å². The number of amides is 1. The topological polar surface area (TPSA) is 71.4 Å². The van der Waals surface area contributed by atoms with Crippen LogP contribution in [-0.2, 0) is 4.79 Å². The van der Waals surface area contributed by atoms with Crippen LogP contribution in [0.25, 0.3) is 5.69 Å². The van der Waals surface area contributed by atoms with Crippen molar-refractivity contribution >= 4 is 46.2 Å². The lowest BCUT2D eigenvalue weighted by atomic mass is 9.96. The highest BCUT2D eigenvalue weighted by molar-refractivity contribution is 7.80. The van der Waals surface area contributed by atoms with Crippen LogP contribution in [0.4, 0.5) is 11.4 Å². The fourth-order valence-corrected chi connectivity index (χ4v) is 6.17. The first kappa shape index (κ1) is 28.5. The molecule has 3 aromatic carbocycles. The lowest BCUT2D eigenvalue weighted by molar-refractivity contribution is -0.118. The molecule has 1 aliphatic rings. The molecule has 1 fully saturated rings. The summed E-state index contributed by atoms with van der Waals surface area (Å²) in [5.74, 6) is 0.403. The number of aryl methyl sites for hydroxylation is 1. The molecule has 0 aliphatic carbocycles. The maximum absolute atomic E-state index is 12.5. The lowest BCUT2D eigenvalue weighted by Gasteiger charge is -2.28. The summed E-state index contributed by atoms with van der Waals surface area (Å²) in [7, 11) is 0. The molecule has 43 heavy (non-hydrogen) atoms. The molecule has 2 aromatic heterocycles. The van der Waals surface area contributed by atoms with Crippen LogP contribution >= 0.6 is 23.8 Å². The number of aromatic nitrogens is 2. The van der Waals surface area contributed by atoms with E-state index in [4.69, 9.17) is 28.6 Å². The SMILES string of the molecule is Cc1cc([C@H]2[C@@H](c3ccccn3)NC(=S)N2c2ccc(NC(=O)COc3ccccc3)cc2)c(C)n1-c1ccccc1Cl. The number of hydrogen-bond acceptors (Lipinski definition) is 4. The molecule has 0 spiro atoms. The van der Waals surface area contributed by atoms with Crippen molar-refractivity contribution in [3.8, 4) is 11.4 Å². The number of rotatable bonds is 8. The fourth-order valence-electron chi connectivity index (χ4n) is 5.61. The Morgan fingerprint density at radius 3 is 2.42 bits per heavy atom. The van der Waals surface area contributed by atoms with Gasteiger partial charge in [0.25, 0.3) is 5.91 Å². The van der Waals surface area contributed by atoms with Gasteiger partial charge in [0.2, 0.25) is 0 Å². The number of pyridine rings is 1. The molecule has 7 nitrogen and oxygen atoms in total. The molecule has 0 radical (unpaired) electrons. The summed E-state index contributed by atoms with van der Waals surface area (Å²) >= 11 is 12.6. The third kappa shape index (κ3) is 5.84. The van der Waals surface area contributed by atoms with Crippen molar-refractivity contribution in [3.63, 3.8) is 0 Å². The largest absolute Gasteiger partial charge is 0.484 e. The zero-order valence-corrected chi connectivity index (χ0v) is 25.3. The molecule has 9 heteroatoms. The second-order valence-electron chi connectivity index (χ2n) is 10.3. The highest BCUT2D eigenvalue weighted by Crippen LogP contribution is 2.44. The molecular formula is C34H30ClN5O2S. The molecular weight excluding hydrogens is 578 g/mol. The van der Waals surface area contributed by atoms with E-state index >= 15 is 0 Å². The Kier molecular flexibility index (Phi) is 8.13. The molecule has 3 heterocycles. The molecule has 2 atom stereocenters. The van der Waals surface area contributed by atoms with E-state index in [-0.39, 0.29) is 24.6 Å². The highest BCUT2D eigenvalue weighted by Gasteiger charge is 2.42. The predicted octanol–water partition coefficient (Wildman–Crippen LogP) is 7.34. The molecule has 0 bridgehead atoms. The number of anilines is 2. The Balaban J connectivity index is 1.31. The molecule has 2 N–H and O–H groups in total. The van der Waals surface area contributed by atoms with Gasteiger partial charge in [0.05, 0.1) is 28.5 Å². The number of carbonyl (C=O) groups is 1. The van der Waals surface area contributed by atoms with Crippen molar-refractivity contribution in [1.29, 1.82) is 0 Å². The van der Waals surface area contributed by atoms with Crippen molar-refractivity contribution in [3.05, 3.63) is 137 Å². The Bertz CT molecular complexity index is 1760. The van der Waals surface area contributed by atoms with Crippen LogP contribution in [0, 0.1) is 13.8 Å². The Hall–Kier alpha value is -4.66. The number of nitrogens with zero attached hydrogens (tertiary/aromatic N) is 3. The monoisotopic (exact) mass is 607 g/mol. The van der Waals surface area contributed by atoms with Crippen molar-refractivity contribution in [2.24, 2.45) is 0 Å². The number of thiocarbonyl (C=S) groups is 1. The van der Waals surface area contributed by atoms with E-state index < -0.39 is 0 Å². The van der Waals surface area contributed by atoms with Crippen LogP contribution < -0.4 is 20.3 Å². The average molecular weight is 608 g/mol. The van der Waals surface area contributed by atoms with Gasteiger partial charge in [-0.2, -0.15) is 0 Å². The smallest absolute Gasteiger partial charge is 0.262 e. The average Bonchev–Trinajstić information content (AvgIpc) is 3.52. The van der Waals surface area contributed by atoms with Crippen molar-refractivity contribution in [2.75, 3.05) is 16.8 Å². The third-order valence-electron chi connectivity index (χ3n) is 7.52. The summed E-state index contributed by atoms with van der Waals surface area (Å²) in [4.78, 5) is 19.3. The van der Waals surface area contributed by atoms with Crippen LogP contribution in [-0.4, -0.2) is 27.2 Å². The summed E-state index contributed by atoms with van der Waals surface area (Å²) in [6, 6.07) is 32.5. The number of nitrogens with one attached hydrogen (secondary N) is 2. The van der Waals surface area contributed by atoms with Gasteiger partial charge in [-0.1, -0.05) is 48.0 Å². The standard InChI is InChI=1S/C34H30ClN5O2S/c1-22-20-27(23(2)39(22)30-14-7-6-12-28(30)35)33-32(29-13-8-9-19-36-29)38-34(43)40(33)25-17-15-24(16-18-25)37-31(41)21-42-26-10-4-3-5-11-26/h3-20,32-33H,21H2,1-2H3,(H,37,41)(H,38,43)/t32-,33+/m1/s1. The Morgan fingerprint density at radius 2 is 1.70 bits per heavy atom. The number of benzene rings is 3. The molecule has 0 unspecified atom stereocenters. The molecule has 1 saturated heterocycles. The number of carbonyl (C=O) groups excluding carboxylic acids is 1. The minimum atomic E-state index is -0.241. The van der Waals surface area contributed by atoms with Crippen molar-refractivity contribution in [1.82, 2.24) is 14.9 Å². The molecule has 5 aromatic rings. The van der Waals surface area contributed by atoms with Gasteiger partial charge in [0.1, 0.15) is 5.75 Å². The van der Waals surface area contributed by atoms with Gasteiger partial charge in [-0.3, -0.25) is 9.78 Å². The Labute approximate surface area is 261 Å². The van der Waals surface area contributed by atoms with Gasteiger partial charge in [0, 0.05) is 29.0 Å². The summed E-state index contributed by atoms with van der Waals surface area (Å²) in [5, 5.41) is 7.71. The highest BCUT2D eigenvalue weighted by atomic mass is 35.5. The molecule has 6 rings (SSSR count). The van der Waals surface area contributed by atoms with Gasteiger partial charge in [-0.25, -0.2) is 0 Å². The zero-order valence-electron chi connectivity index (χ0n) is 23.7. The van der Waals surface area contributed by atoms with Crippen LogP contribution in [0.2, 0.25) is 5.02 Å². The quantitative estimate of drug-likeness (QED) is 0.180. The van der Waals surface area contributed by atoms with E-state index in [0.29, 0.717) is 21.6 Å². The fraction of sp³-hybridized carbons (Fsp3) is 0.147. The molecule has 216 valence electrons. The maximum Gasteiger partial charge on any atom is 0.262 e. The number of halogens is 1. The first-order valence-electron chi connectivity index (χ1n) is 13.9. The first-order valence-corrected chi connectivity index (χ1v) is 14.7. The summed E-state index contributed by atoms with van der Waals surface area (Å²) in [5.41, 5.74) is 6.61. The van der Waals surface area contributed by atoms with E-state index in [2.05, 4.69) is 45.0 Å². The van der Waals surface area contributed by atoms with Crippen LogP contribution in [0.15, 0.2) is 109 Å². The molecule has 0 saturated carbocycles. The van der Waals surface area contributed by atoms with E-state index in [1.165, 1.54) is 0 Å². The summed E-state index contributed by atoms with van der Waals surface area (Å²) in [6.45, 7) is 4.11. The van der Waals surface area contributed by atoms with Gasteiger partial charge in [-0.05, 0) is 98.4 Å². The van der Waals surface area contributed by atoms with Gasteiger partial charge in [-0.15, -0.1) is 0 Å². The normalized spacial score (nSPS) is 16.2. The van der Waals surface area contributed by atoms with Crippen LogP contribution in [0.5, 0.6) is 5.75 Å². The summed E-state index contributed by atoms with van der Waals surface area (Å²) in [6.07, 6.45) is 1.80. The van der Waals surface area contributed by atoms with Gasteiger partial charge >= 0.3 is 0 Å². The van der Waals surface area contributed by atoms with E-state index in [0.717, 1.165) is 34.0 Å². The molecule has 1 aliphatic heterocycles. The van der Waals surface area contributed by atoms with Crippen LogP contribution in [0.3, 0.4) is 0 Å². The summed E-state index contributed by atoms with van der Waals surface area (Å²) < 4.78 is 7.76. The van der Waals surface area contributed by atoms with E-state index in [1.54, 1.807) is 6.20 Å². The third-order valence-corrected chi connectivity index (χ3v) is 8.16. The second kappa shape index (κ2) is 12.3. The lowest BCUT2D eigenvalue weighted by Crippen LogP contribution is -2.29. The maximum atomic E-state index is 12.5. The first-order chi connectivity index (χ1) is 20.9. The minimum absolute atomic E-state index is 0.0826. The van der Waals surface area contributed by atoms with Gasteiger partial charge < -0.3 is 24.8 Å². The number of hydrogen-bond donors (Lipinski definition) is 2. The van der Waals surface area contributed by atoms with E-state index in [1.807, 2.05) is 97.1 Å². The van der Waals surface area contributed by atoms with E-state index in [9.17, 15) is 4.79 Å².